The monoisotopic (exact) mass is 366 g/mol. The summed E-state index contributed by atoms with van der Waals surface area (Å²) in [4.78, 5) is 11.7. The number of carbonyl (C=O) groups is 1. The molecule has 0 aliphatic rings. The van der Waals surface area contributed by atoms with E-state index < -0.39 is 5.97 Å². The van der Waals surface area contributed by atoms with Gasteiger partial charge in [-0.2, -0.15) is 0 Å². The Hall–Kier alpha value is -1.91. The molecule has 0 amide bonds. The van der Waals surface area contributed by atoms with Crippen molar-refractivity contribution in [1.29, 1.82) is 0 Å². The summed E-state index contributed by atoms with van der Waals surface area (Å²) in [5.41, 5.74) is 0.167. The van der Waals surface area contributed by atoms with E-state index in [0.717, 1.165) is 12.8 Å². The number of hydrogen-bond acceptors (Lipinski definition) is 5. The molecule has 0 atom stereocenters. The van der Waals surface area contributed by atoms with E-state index in [4.69, 9.17) is 9.47 Å². The van der Waals surface area contributed by atoms with Crippen LogP contribution in [0, 0.1) is 0 Å². The van der Waals surface area contributed by atoms with Gasteiger partial charge >= 0.3 is 5.97 Å². The Labute approximate surface area is 157 Å². The van der Waals surface area contributed by atoms with E-state index >= 15 is 0 Å². The fraction of sp³-hybridized carbons (Fsp3) is 0.667. The van der Waals surface area contributed by atoms with Gasteiger partial charge < -0.3 is 19.7 Å². The van der Waals surface area contributed by atoms with E-state index in [0.29, 0.717) is 6.61 Å². The van der Waals surface area contributed by atoms with Crippen molar-refractivity contribution >= 4 is 5.97 Å². The van der Waals surface area contributed by atoms with Gasteiger partial charge in [-0.25, -0.2) is 4.79 Å². The zero-order chi connectivity index (χ0) is 19.2. The van der Waals surface area contributed by atoms with Crippen molar-refractivity contribution in [2.75, 3.05) is 13.2 Å². The third kappa shape index (κ3) is 8.45. The molecule has 1 aromatic carbocycles. The predicted molar refractivity (Wildman–Crippen MR) is 103 cm³/mol. The van der Waals surface area contributed by atoms with Crippen LogP contribution in [0.3, 0.4) is 0 Å². The molecule has 5 nitrogen and oxygen atoms in total. The van der Waals surface area contributed by atoms with Crippen LogP contribution >= 0.6 is 0 Å². The second-order valence-electron chi connectivity index (χ2n) is 6.59. The SMILES string of the molecule is CCCCCCCCCCCCOc1cc(C(=O)OCC)cc(O)c1O. The van der Waals surface area contributed by atoms with Gasteiger partial charge in [-0.15, -0.1) is 0 Å². The van der Waals surface area contributed by atoms with Gasteiger partial charge in [0.1, 0.15) is 0 Å². The molecular formula is C21H34O5. The van der Waals surface area contributed by atoms with Crippen LogP contribution in [-0.2, 0) is 4.74 Å². The highest BCUT2D eigenvalue weighted by molar-refractivity contribution is 5.91. The number of aromatic hydroxyl groups is 2. The van der Waals surface area contributed by atoms with Gasteiger partial charge in [-0.05, 0) is 25.5 Å². The lowest BCUT2D eigenvalue weighted by molar-refractivity contribution is 0.0525. The average Bonchev–Trinajstić information content (AvgIpc) is 2.63. The fourth-order valence-electron chi connectivity index (χ4n) is 2.81. The number of benzene rings is 1. The van der Waals surface area contributed by atoms with E-state index in [1.54, 1.807) is 6.92 Å². The first kappa shape index (κ1) is 22.1. The maximum atomic E-state index is 11.7. The van der Waals surface area contributed by atoms with Crippen LogP contribution in [-0.4, -0.2) is 29.4 Å². The van der Waals surface area contributed by atoms with Gasteiger partial charge in [0, 0.05) is 0 Å². The van der Waals surface area contributed by atoms with Crippen LogP contribution in [0.1, 0.15) is 88.4 Å². The summed E-state index contributed by atoms with van der Waals surface area (Å²) < 4.78 is 10.4. The maximum absolute atomic E-state index is 11.7. The van der Waals surface area contributed by atoms with Crippen molar-refractivity contribution in [2.45, 2.75) is 78.1 Å². The number of ether oxygens (including phenoxy) is 2. The maximum Gasteiger partial charge on any atom is 0.338 e. The van der Waals surface area contributed by atoms with Gasteiger partial charge in [0.25, 0.3) is 0 Å². The second kappa shape index (κ2) is 13.3. The van der Waals surface area contributed by atoms with Gasteiger partial charge in [0.15, 0.2) is 11.5 Å². The lowest BCUT2D eigenvalue weighted by Crippen LogP contribution is -2.05. The zero-order valence-electron chi connectivity index (χ0n) is 16.3. The Bertz CT molecular complexity index is 527. The van der Waals surface area contributed by atoms with Crippen LogP contribution in [0.2, 0.25) is 0 Å². The number of phenolic OH excluding ortho intramolecular Hbond substituents is 2. The van der Waals surface area contributed by atoms with Crippen molar-refractivity contribution in [3.8, 4) is 17.2 Å². The van der Waals surface area contributed by atoms with Gasteiger partial charge in [-0.3, -0.25) is 0 Å². The first-order valence-corrected chi connectivity index (χ1v) is 9.96. The molecule has 0 saturated carbocycles. The van der Waals surface area contributed by atoms with Gasteiger partial charge in [-0.1, -0.05) is 64.7 Å². The molecule has 0 spiro atoms. The molecule has 0 unspecified atom stereocenters. The summed E-state index contributed by atoms with van der Waals surface area (Å²) in [6.07, 6.45) is 12.3. The minimum Gasteiger partial charge on any atom is -0.504 e. The molecule has 0 aromatic heterocycles. The minimum absolute atomic E-state index is 0.115. The number of carbonyl (C=O) groups excluding carboxylic acids is 1. The van der Waals surface area contributed by atoms with Crippen LogP contribution in [0.4, 0.5) is 0 Å². The molecule has 148 valence electrons. The Balaban J connectivity index is 2.25. The van der Waals surface area contributed by atoms with E-state index in [1.807, 2.05) is 0 Å². The average molecular weight is 366 g/mol. The van der Waals surface area contributed by atoms with Crippen LogP contribution < -0.4 is 4.74 Å². The molecule has 0 heterocycles. The Kier molecular flexibility index (Phi) is 11.3. The molecule has 0 radical (unpaired) electrons. The van der Waals surface area contributed by atoms with E-state index in [9.17, 15) is 15.0 Å². The number of phenols is 2. The molecule has 0 aliphatic heterocycles. The Morgan fingerprint density at radius 1 is 0.885 bits per heavy atom. The lowest BCUT2D eigenvalue weighted by atomic mass is 10.1. The number of unbranched alkanes of at least 4 members (excludes halogenated alkanes) is 9. The minimum atomic E-state index is -0.549. The van der Waals surface area contributed by atoms with Crippen molar-refractivity contribution in [1.82, 2.24) is 0 Å². The standard InChI is InChI=1S/C21H34O5/c1-3-5-6-7-8-9-10-11-12-13-14-26-19-16-17(21(24)25-4-2)15-18(22)20(19)23/h15-16,22-23H,3-14H2,1-2H3. The molecule has 1 aromatic rings. The molecule has 2 N–H and O–H groups in total. The van der Waals surface area contributed by atoms with Gasteiger partial charge in [0.05, 0.1) is 18.8 Å². The van der Waals surface area contributed by atoms with Crippen molar-refractivity contribution in [3.63, 3.8) is 0 Å². The fourth-order valence-corrected chi connectivity index (χ4v) is 2.81. The highest BCUT2D eigenvalue weighted by Crippen LogP contribution is 2.36. The predicted octanol–water partition coefficient (Wildman–Crippen LogP) is 5.57. The molecule has 1 rings (SSSR count). The molecule has 0 aliphatic carbocycles. The van der Waals surface area contributed by atoms with E-state index in [1.165, 1.54) is 63.5 Å². The van der Waals surface area contributed by atoms with E-state index in [-0.39, 0.29) is 29.4 Å². The normalized spacial score (nSPS) is 10.7. The molecule has 0 fully saturated rings. The van der Waals surface area contributed by atoms with Crippen LogP contribution in [0.15, 0.2) is 12.1 Å². The summed E-state index contributed by atoms with van der Waals surface area (Å²) in [7, 11) is 0. The first-order valence-electron chi connectivity index (χ1n) is 9.96. The first-order chi connectivity index (χ1) is 12.6. The van der Waals surface area contributed by atoms with Crippen molar-refractivity contribution in [2.24, 2.45) is 0 Å². The summed E-state index contributed by atoms with van der Waals surface area (Å²) in [6.45, 7) is 4.63. The third-order valence-electron chi connectivity index (χ3n) is 4.32. The van der Waals surface area contributed by atoms with Crippen LogP contribution in [0.5, 0.6) is 17.2 Å². The summed E-state index contributed by atoms with van der Waals surface area (Å²) in [6, 6.07) is 2.59. The number of hydrogen-bond donors (Lipinski definition) is 2. The summed E-state index contributed by atoms with van der Waals surface area (Å²) in [5, 5.41) is 19.6. The van der Waals surface area contributed by atoms with Crippen molar-refractivity contribution in [3.05, 3.63) is 17.7 Å². The highest BCUT2D eigenvalue weighted by atomic mass is 16.5. The largest absolute Gasteiger partial charge is 0.504 e. The number of esters is 1. The Morgan fingerprint density at radius 3 is 2.04 bits per heavy atom. The molecule has 5 heteroatoms. The van der Waals surface area contributed by atoms with Crippen molar-refractivity contribution < 1.29 is 24.5 Å². The number of rotatable bonds is 14. The molecule has 26 heavy (non-hydrogen) atoms. The zero-order valence-corrected chi connectivity index (χ0v) is 16.3. The highest BCUT2D eigenvalue weighted by Gasteiger charge is 2.15. The topological polar surface area (TPSA) is 76.0 Å². The molecular weight excluding hydrogens is 332 g/mol. The Morgan fingerprint density at radius 2 is 1.46 bits per heavy atom. The quantitative estimate of drug-likeness (QED) is 0.255. The smallest absolute Gasteiger partial charge is 0.338 e. The molecule has 0 bridgehead atoms. The molecule has 0 saturated heterocycles. The lowest BCUT2D eigenvalue weighted by Gasteiger charge is -2.11. The van der Waals surface area contributed by atoms with E-state index in [2.05, 4.69) is 6.92 Å². The summed E-state index contributed by atoms with van der Waals surface area (Å²) >= 11 is 0. The third-order valence-corrected chi connectivity index (χ3v) is 4.32. The van der Waals surface area contributed by atoms with Gasteiger partial charge in [0.2, 0.25) is 5.75 Å². The van der Waals surface area contributed by atoms with Crippen LogP contribution in [0.25, 0.3) is 0 Å². The second-order valence-corrected chi connectivity index (χ2v) is 6.59. The summed E-state index contributed by atoms with van der Waals surface area (Å²) in [5.74, 6) is -1.16.